The van der Waals surface area contributed by atoms with Gasteiger partial charge in [0.2, 0.25) is 0 Å². The van der Waals surface area contributed by atoms with Gasteiger partial charge in [-0.3, -0.25) is 9.00 Å². The second-order valence-electron chi connectivity index (χ2n) is 7.28. The summed E-state index contributed by atoms with van der Waals surface area (Å²) in [5.41, 5.74) is -0.140. The lowest BCUT2D eigenvalue weighted by Crippen LogP contribution is -2.51. The van der Waals surface area contributed by atoms with Gasteiger partial charge in [-0.2, -0.15) is 0 Å². The lowest BCUT2D eigenvalue weighted by molar-refractivity contribution is -0.141. The molecule has 0 aromatic carbocycles. The molecule has 5 rings (SSSR count). The number of carbonyl (C=O) groups excluding carboxylic acids is 1. The van der Waals surface area contributed by atoms with Crippen LogP contribution in [-0.4, -0.2) is 20.7 Å². The zero-order valence-electron chi connectivity index (χ0n) is 12.2. The summed E-state index contributed by atoms with van der Waals surface area (Å²) >= 11 is 0. The molecule has 1 aromatic rings. The fourth-order valence-electron chi connectivity index (χ4n) is 5.28. The molecule has 1 atom stereocenters. The minimum atomic E-state index is -1.29. The van der Waals surface area contributed by atoms with Crippen molar-refractivity contribution in [2.24, 2.45) is 23.2 Å². The van der Waals surface area contributed by atoms with Gasteiger partial charge in [0, 0.05) is 11.6 Å². The maximum atomic E-state index is 12.9. The highest BCUT2D eigenvalue weighted by molar-refractivity contribution is 7.85. The van der Waals surface area contributed by atoms with Crippen LogP contribution in [0.4, 0.5) is 0 Å². The number of rotatable bonds is 4. The number of carbonyl (C=O) groups is 1. The van der Waals surface area contributed by atoms with Crippen LogP contribution in [-0.2, 0) is 15.6 Å². The highest BCUT2D eigenvalue weighted by Gasteiger charge is 2.54. The first-order valence-corrected chi connectivity index (χ1v) is 9.29. The highest BCUT2D eigenvalue weighted by Crippen LogP contribution is 2.60. The quantitative estimate of drug-likeness (QED) is 0.859. The fraction of sp³-hybridized carbons (Fsp3) is 0.647. The van der Waals surface area contributed by atoms with E-state index in [0.29, 0.717) is 5.03 Å². The maximum Gasteiger partial charge on any atom is 0.151 e. The first kappa shape index (κ1) is 13.6. The van der Waals surface area contributed by atoms with Crippen molar-refractivity contribution in [2.75, 3.05) is 5.75 Å². The second-order valence-corrected chi connectivity index (χ2v) is 8.68. The standard InChI is InChI=1S/C17H21NO2S/c19-15(11-21(20)16-3-1-2-4-18-16)17-8-12-5-13(9-17)7-14(6-12)10-17/h1-4,12-14H,5-11H2. The summed E-state index contributed by atoms with van der Waals surface area (Å²) in [5.74, 6) is 2.66. The summed E-state index contributed by atoms with van der Waals surface area (Å²) in [5, 5.41) is 0.538. The van der Waals surface area contributed by atoms with E-state index in [-0.39, 0.29) is 17.0 Å². The Morgan fingerprint density at radius 3 is 2.29 bits per heavy atom. The van der Waals surface area contributed by atoms with Crippen LogP contribution in [0.3, 0.4) is 0 Å². The Morgan fingerprint density at radius 2 is 1.76 bits per heavy atom. The minimum absolute atomic E-state index is 0.140. The van der Waals surface area contributed by atoms with Crippen LogP contribution in [0, 0.1) is 23.2 Å². The van der Waals surface area contributed by atoms with Crippen molar-refractivity contribution in [1.82, 2.24) is 4.98 Å². The van der Waals surface area contributed by atoms with Gasteiger partial charge in [0.05, 0.1) is 16.6 Å². The van der Waals surface area contributed by atoms with E-state index in [1.165, 1.54) is 19.3 Å². The summed E-state index contributed by atoms with van der Waals surface area (Å²) in [7, 11) is -1.29. The van der Waals surface area contributed by atoms with Crippen molar-refractivity contribution in [3.8, 4) is 0 Å². The molecule has 0 N–H and O–H groups in total. The molecule has 4 fully saturated rings. The molecule has 21 heavy (non-hydrogen) atoms. The van der Waals surface area contributed by atoms with Crippen LogP contribution in [0.5, 0.6) is 0 Å². The van der Waals surface area contributed by atoms with Crippen LogP contribution in [0.2, 0.25) is 0 Å². The molecule has 0 radical (unpaired) electrons. The van der Waals surface area contributed by atoms with Crippen LogP contribution in [0.1, 0.15) is 38.5 Å². The van der Waals surface area contributed by atoms with Gasteiger partial charge in [0.15, 0.2) is 5.78 Å². The maximum absolute atomic E-state index is 12.9. The van der Waals surface area contributed by atoms with Crippen molar-refractivity contribution in [1.29, 1.82) is 0 Å². The average Bonchev–Trinajstić information content (AvgIpc) is 2.46. The Balaban J connectivity index is 1.51. The zero-order chi connectivity index (χ0) is 14.4. The number of nitrogens with zero attached hydrogens (tertiary/aromatic N) is 1. The Morgan fingerprint density at radius 1 is 1.14 bits per heavy atom. The number of hydrogen-bond donors (Lipinski definition) is 0. The van der Waals surface area contributed by atoms with Crippen molar-refractivity contribution in [3.63, 3.8) is 0 Å². The van der Waals surface area contributed by atoms with Crippen LogP contribution < -0.4 is 0 Å². The van der Waals surface area contributed by atoms with Gasteiger partial charge >= 0.3 is 0 Å². The third kappa shape index (κ3) is 2.37. The van der Waals surface area contributed by atoms with E-state index in [1.807, 2.05) is 12.1 Å². The van der Waals surface area contributed by atoms with Gasteiger partial charge in [-0.05, 0) is 68.4 Å². The van der Waals surface area contributed by atoms with Gasteiger partial charge < -0.3 is 0 Å². The average molecular weight is 303 g/mol. The first-order valence-electron chi connectivity index (χ1n) is 7.97. The predicted molar refractivity (Wildman–Crippen MR) is 81.1 cm³/mol. The zero-order valence-corrected chi connectivity index (χ0v) is 13.0. The van der Waals surface area contributed by atoms with E-state index >= 15 is 0 Å². The lowest BCUT2D eigenvalue weighted by Gasteiger charge is -2.55. The molecule has 0 aliphatic heterocycles. The van der Waals surface area contributed by atoms with E-state index in [0.717, 1.165) is 37.0 Å². The van der Waals surface area contributed by atoms with Gasteiger partial charge in [0.25, 0.3) is 0 Å². The molecule has 112 valence electrons. The Hall–Kier alpha value is -1.03. The van der Waals surface area contributed by atoms with E-state index < -0.39 is 10.8 Å². The minimum Gasteiger partial charge on any atom is -0.298 e. The molecular weight excluding hydrogens is 282 g/mol. The molecule has 0 saturated heterocycles. The van der Waals surface area contributed by atoms with Crippen molar-refractivity contribution < 1.29 is 9.00 Å². The molecule has 0 amide bonds. The normalized spacial score (nSPS) is 38.4. The highest BCUT2D eigenvalue weighted by atomic mass is 32.2. The van der Waals surface area contributed by atoms with Gasteiger partial charge in [-0.25, -0.2) is 4.98 Å². The topological polar surface area (TPSA) is 47.0 Å². The van der Waals surface area contributed by atoms with E-state index in [9.17, 15) is 9.00 Å². The van der Waals surface area contributed by atoms with Crippen molar-refractivity contribution in [3.05, 3.63) is 24.4 Å². The van der Waals surface area contributed by atoms with E-state index in [4.69, 9.17) is 0 Å². The van der Waals surface area contributed by atoms with Crippen LogP contribution in [0.25, 0.3) is 0 Å². The fourth-order valence-corrected chi connectivity index (χ4v) is 6.38. The van der Waals surface area contributed by atoms with E-state index in [2.05, 4.69) is 4.98 Å². The van der Waals surface area contributed by atoms with E-state index in [1.54, 1.807) is 12.3 Å². The van der Waals surface area contributed by atoms with Gasteiger partial charge in [0.1, 0.15) is 5.03 Å². The molecule has 1 unspecified atom stereocenters. The smallest absolute Gasteiger partial charge is 0.151 e. The molecule has 4 bridgehead atoms. The van der Waals surface area contributed by atoms with Crippen molar-refractivity contribution >= 4 is 16.6 Å². The molecule has 0 spiro atoms. The van der Waals surface area contributed by atoms with Gasteiger partial charge in [-0.1, -0.05) is 6.07 Å². The SMILES string of the molecule is O=C(CS(=O)c1ccccn1)C12CC3CC(CC(C3)C1)C2. The van der Waals surface area contributed by atoms with Crippen molar-refractivity contribution in [2.45, 2.75) is 43.6 Å². The summed E-state index contributed by atoms with van der Waals surface area (Å²) < 4.78 is 12.4. The molecular formula is C17H21NO2S. The molecule has 1 heterocycles. The third-order valence-electron chi connectivity index (χ3n) is 5.76. The van der Waals surface area contributed by atoms with Gasteiger partial charge in [-0.15, -0.1) is 0 Å². The third-order valence-corrected chi connectivity index (χ3v) is 7.00. The molecule has 4 saturated carbocycles. The second kappa shape index (κ2) is 5.01. The first-order chi connectivity index (χ1) is 10.1. The predicted octanol–water partition coefficient (Wildman–Crippen LogP) is 2.97. The van der Waals surface area contributed by atoms with Crippen LogP contribution >= 0.6 is 0 Å². The summed E-state index contributed by atoms with van der Waals surface area (Å²) in [6.45, 7) is 0. The Bertz CT molecular complexity index is 548. The summed E-state index contributed by atoms with van der Waals surface area (Å²) in [6.07, 6.45) is 8.79. The molecule has 1 aromatic heterocycles. The number of aromatic nitrogens is 1. The lowest BCUT2D eigenvalue weighted by atomic mass is 9.48. The number of Topliss-reactive ketones (excluding diaryl/α,β-unsaturated/α-hetero) is 1. The molecule has 4 heteroatoms. The largest absolute Gasteiger partial charge is 0.298 e. The molecule has 4 aliphatic carbocycles. The Labute approximate surface area is 128 Å². The monoisotopic (exact) mass is 303 g/mol. The molecule has 3 nitrogen and oxygen atoms in total. The number of pyridine rings is 1. The summed E-state index contributed by atoms with van der Waals surface area (Å²) in [6, 6.07) is 5.39. The number of hydrogen-bond acceptors (Lipinski definition) is 3. The van der Waals surface area contributed by atoms with Crippen LogP contribution in [0.15, 0.2) is 29.4 Å². The molecule has 4 aliphatic rings. The Kier molecular flexibility index (Phi) is 3.25. The number of ketones is 1. The summed E-state index contributed by atoms with van der Waals surface area (Å²) in [4.78, 5) is 17.0.